The molecule has 112 valence electrons. The Morgan fingerprint density at radius 3 is 2.14 bits per heavy atom. The second-order valence-electron chi connectivity index (χ2n) is 5.40. The lowest BCUT2D eigenvalue weighted by Gasteiger charge is -2.21. The van der Waals surface area contributed by atoms with Gasteiger partial charge in [-0.1, -0.05) is 42.0 Å². The molecule has 0 spiro atoms. The average molecular weight is 295 g/mol. The summed E-state index contributed by atoms with van der Waals surface area (Å²) in [7, 11) is 0. The first-order valence-electron chi connectivity index (χ1n) is 7.26. The van der Waals surface area contributed by atoms with Crippen molar-refractivity contribution in [3.05, 3.63) is 54.1 Å². The molecule has 1 saturated heterocycles. The van der Waals surface area contributed by atoms with Crippen LogP contribution < -0.4 is 4.90 Å². The van der Waals surface area contributed by atoms with E-state index in [1.165, 1.54) is 10.5 Å². The Hall–Kier alpha value is -2.62. The number of hydrogen-bond donors (Lipinski definition) is 0. The van der Waals surface area contributed by atoms with Gasteiger partial charge in [-0.3, -0.25) is 4.79 Å². The maximum absolute atomic E-state index is 11.6. The summed E-state index contributed by atoms with van der Waals surface area (Å²) in [5.74, 6) is -0.338. The highest BCUT2D eigenvalue weighted by molar-refractivity contribution is 5.90. The fourth-order valence-corrected chi connectivity index (χ4v) is 2.62. The van der Waals surface area contributed by atoms with E-state index in [1.807, 2.05) is 24.3 Å². The smallest absolute Gasteiger partial charge is 0.329 e. The quantitative estimate of drug-likeness (QED) is 0.643. The van der Waals surface area contributed by atoms with Crippen LogP contribution in [0.5, 0.6) is 0 Å². The van der Waals surface area contributed by atoms with Gasteiger partial charge >= 0.3 is 5.97 Å². The van der Waals surface area contributed by atoms with Gasteiger partial charge in [-0.05, 0) is 30.2 Å². The Morgan fingerprint density at radius 1 is 1.05 bits per heavy atom. The van der Waals surface area contributed by atoms with Crippen molar-refractivity contribution in [2.45, 2.75) is 19.4 Å². The summed E-state index contributed by atoms with van der Waals surface area (Å²) < 4.78 is 4.93. The van der Waals surface area contributed by atoms with Crippen molar-refractivity contribution in [3.8, 4) is 11.1 Å². The lowest BCUT2D eigenvalue weighted by atomic mass is 10.0. The third-order valence-corrected chi connectivity index (χ3v) is 3.91. The van der Waals surface area contributed by atoms with Gasteiger partial charge in [0.15, 0.2) is 0 Å². The van der Waals surface area contributed by atoms with E-state index in [0.29, 0.717) is 25.1 Å². The molecule has 1 aliphatic heterocycles. The number of cyclic esters (lactones) is 1. The van der Waals surface area contributed by atoms with Crippen molar-refractivity contribution in [1.29, 1.82) is 0 Å². The monoisotopic (exact) mass is 295 g/mol. The SMILES string of the molecule is Cc1ccc(-c2ccc(N(C=O)C3CCOC3=O)cc2)cc1. The molecule has 0 bridgehead atoms. The lowest BCUT2D eigenvalue weighted by Crippen LogP contribution is -2.37. The summed E-state index contributed by atoms with van der Waals surface area (Å²) in [4.78, 5) is 24.4. The molecular weight excluding hydrogens is 278 g/mol. The van der Waals surface area contributed by atoms with E-state index in [1.54, 1.807) is 0 Å². The summed E-state index contributed by atoms with van der Waals surface area (Å²) in [5, 5.41) is 0. The van der Waals surface area contributed by atoms with Crippen LogP contribution in [0.1, 0.15) is 12.0 Å². The molecule has 2 aromatic rings. The predicted octanol–water partition coefficient (Wildman–Crippen LogP) is 2.94. The largest absolute Gasteiger partial charge is 0.464 e. The molecule has 0 radical (unpaired) electrons. The van der Waals surface area contributed by atoms with E-state index >= 15 is 0 Å². The zero-order chi connectivity index (χ0) is 15.5. The minimum Gasteiger partial charge on any atom is -0.464 e. The number of carbonyl (C=O) groups is 2. The van der Waals surface area contributed by atoms with Gasteiger partial charge in [-0.2, -0.15) is 0 Å². The zero-order valence-corrected chi connectivity index (χ0v) is 12.4. The second kappa shape index (κ2) is 6.02. The van der Waals surface area contributed by atoms with Crippen molar-refractivity contribution < 1.29 is 14.3 Å². The lowest BCUT2D eigenvalue weighted by molar-refractivity contribution is -0.139. The number of rotatable bonds is 4. The van der Waals surface area contributed by atoms with E-state index < -0.39 is 6.04 Å². The first kappa shape index (κ1) is 14.3. The summed E-state index contributed by atoms with van der Waals surface area (Å²) >= 11 is 0. The van der Waals surface area contributed by atoms with Gasteiger partial charge in [0.2, 0.25) is 6.41 Å². The number of hydrogen-bond acceptors (Lipinski definition) is 3. The number of nitrogens with zero attached hydrogens (tertiary/aromatic N) is 1. The summed E-state index contributed by atoms with van der Waals surface area (Å²) in [5.41, 5.74) is 4.11. The molecule has 0 saturated carbocycles. The van der Waals surface area contributed by atoms with Crippen molar-refractivity contribution >= 4 is 18.1 Å². The van der Waals surface area contributed by atoms with Gasteiger partial charge in [0.1, 0.15) is 6.04 Å². The number of esters is 1. The van der Waals surface area contributed by atoms with E-state index in [-0.39, 0.29) is 5.97 Å². The maximum atomic E-state index is 11.6. The van der Waals surface area contributed by atoms with Crippen LogP contribution in [-0.4, -0.2) is 25.0 Å². The second-order valence-corrected chi connectivity index (χ2v) is 5.40. The number of ether oxygens (including phenoxy) is 1. The molecule has 1 atom stereocenters. The molecule has 0 N–H and O–H groups in total. The van der Waals surface area contributed by atoms with Gasteiger partial charge in [0.05, 0.1) is 6.61 Å². The Morgan fingerprint density at radius 2 is 1.64 bits per heavy atom. The first-order valence-corrected chi connectivity index (χ1v) is 7.26. The van der Waals surface area contributed by atoms with Crippen LogP contribution >= 0.6 is 0 Å². The van der Waals surface area contributed by atoms with Gasteiger partial charge in [-0.15, -0.1) is 0 Å². The minimum absolute atomic E-state index is 0.338. The van der Waals surface area contributed by atoms with E-state index in [9.17, 15) is 9.59 Å². The standard InChI is InChI=1S/C18H17NO3/c1-13-2-4-14(5-3-13)15-6-8-16(9-7-15)19(12-20)17-10-11-22-18(17)21/h2-9,12,17H,10-11H2,1H3. The summed E-state index contributed by atoms with van der Waals surface area (Å²) in [6, 6.07) is 15.4. The Balaban J connectivity index is 1.85. The predicted molar refractivity (Wildman–Crippen MR) is 84.5 cm³/mol. The highest BCUT2D eigenvalue weighted by atomic mass is 16.5. The third-order valence-electron chi connectivity index (χ3n) is 3.91. The number of anilines is 1. The summed E-state index contributed by atoms with van der Waals surface area (Å²) in [6.45, 7) is 2.42. The van der Waals surface area contributed by atoms with Crippen LogP contribution in [0.15, 0.2) is 48.5 Å². The van der Waals surface area contributed by atoms with Crippen LogP contribution in [0.4, 0.5) is 5.69 Å². The fraction of sp³-hybridized carbons (Fsp3) is 0.222. The van der Waals surface area contributed by atoms with Gasteiger partial charge in [0, 0.05) is 12.1 Å². The Labute approximate surface area is 129 Å². The molecule has 0 aliphatic carbocycles. The topological polar surface area (TPSA) is 46.6 Å². The van der Waals surface area contributed by atoms with E-state index in [0.717, 1.165) is 11.1 Å². The molecule has 1 amide bonds. The molecule has 1 heterocycles. The molecule has 22 heavy (non-hydrogen) atoms. The minimum atomic E-state index is -0.511. The van der Waals surface area contributed by atoms with Crippen molar-refractivity contribution in [2.24, 2.45) is 0 Å². The fourth-order valence-electron chi connectivity index (χ4n) is 2.62. The first-order chi connectivity index (χ1) is 10.7. The zero-order valence-electron chi connectivity index (χ0n) is 12.4. The van der Waals surface area contributed by atoms with E-state index in [4.69, 9.17) is 4.74 Å². The van der Waals surface area contributed by atoms with Crippen LogP contribution in [0.3, 0.4) is 0 Å². The maximum Gasteiger partial charge on any atom is 0.329 e. The van der Waals surface area contributed by atoms with Gasteiger partial charge in [0.25, 0.3) is 0 Å². The molecule has 1 fully saturated rings. The normalized spacial score (nSPS) is 17.1. The van der Waals surface area contributed by atoms with Crippen LogP contribution in [0.2, 0.25) is 0 Å². The molecule has 4 heteroatoms. The molecule has 3 rings (SSSR count). The molecule has 0 aromatic heterocycles. The van der Waals surface area contributed by atoms with Crippen molar-refractivity contribution in [1.82, 2.24) is 0 Å². The molecule has 2 aromatic carbocycles. The van der Waals surface area contributed by atoms with Crippen molar-refractivity contribution in [3.63, 3.8) is 0 Å². The number of aryl methyl sites for hydroxylation is 1. The molecule has 1 unspecified atom stereocenters. The Kier molecular flexibility index (Phi) is 3.92. The number of carbonyl (C=O) groups excluding carboxylic acids is 2. The summed E-state index contributed by atoms with van der Waals surface area (Å²) in [6.07, 6.45) is 1.23. The van der Waals surface area contributed by atoms with Crippen LogP contribution in [-0.2, 0) is 14.3 Å². The molecule has 4 nitrogen and oxygen atoms in total. The number of benzene rings is 2. The van der Waals surface area contributed by atoms with Gasteiger partial charge in [-0.25, -0.2) is 4.79 Å². The van der Waals surface area contributed by atoms with E-state index in [2.05, 4.69) is 31.2 Å². The van der Waals surface area contributed by atoms with Crippen LogP contribution in [0.25, 0.3) is 11.1 Å². The molecule has 1 aliphatic rings. The Bertz CT molecular complexity index is 676. The number of amides is 1. The highest BCUT2D eigenvalue weighted by Gasteiger charge is 2.32. The van der Waals surface area contributed by atoms with Crippen molar-refractivity contribution in [2.75, 3.05) is 11.5 Å². The molecular formula is C18H17NO3. The third kappa shape index (κ3) is 2.72. The van der Waals surface area contributed by atoms with Crippen LogP contribution in [0, 0.1) is 6.92 Å². The average Bonchev–Trinajstić information content (AvgIpc) is 2.96. The highest BCUT2D eigenvalue weighted by Crippen LogP contribution is 2.26. The van der Waals surface area contributed by atoms with Gasteiger partial charge < -0.3 is 9.64 Å².